The van der Waals surface area contributed by atoms with Crippen LogP contribution >= 0.6 is 28.1 Å². The zero-order valence-electron chi connectivity index (χ0n) is 17.3. The predicted molar refractivity (Wildman–Crippen MR) is 130 cm³/mol. The molecule has 0 spiro atoms. The van der Waals surface area contributed by atoms with Gasteiger partial charge in [0.15, 0.2) is 5.11 Å². The fraction of sp³-hybridized carbons (Fsp3) is 0.304. The fourth-order valence-electron chi connectivity index (χ4n) is 3.17. The van der Waals surface area contributed by atoms with E-state index in [0.717, 1.165) is 39.2 Å². The van der Waals surface area contributed by atoms with Gasteiger partial charge in [0.05, 0.1) is 22.4 Å². The molecule has 1 aromatic heterocycles. The SMILES string of the molecule is CCC(C)c1ccc(NC(=S)Nc2cccc(Cn3nc(C)c(Br)c3C)c2)cc1. The monoisotopic (exact) mass is 470 g/mol. The van der Waals surface area contributed by atoms with Crippen LogP contribution in [0.25, 0.3) is 0 Å². The quantitative estimate of drug-likeness (QED) is 0.396. The first-order valence-electron chi connectivity index (χ1n) is 9.83. The number of thiocarbonyl (C=S) groups is 1. The van der Waals surface area contributed by atoms with Gasteiger partial charge in [0.1, 0.15) is 0 Å². The minimum Gasteiger partial charge on any atom is -0.332 e. The van der Waals surface area contributed by atoms with Gasteiger partial charge in [-0.3, -0.25) is 4.68 Å². The highest BCUT2D eigenvalue weighted by molar-refractivity contribution is 9.10. The smallest absolute Gasteiger partial charge is 0.175 e. The minimum atomic E-state index is 0.569. The molecule has 6 heteroatoms. The molecule has 152 valence electrons. The highest BCUT2D eigenvalue weighted by Crippen LogP contribution is 2.22. The van der Waals surface area contributed by atoms with Gasteiger partial charge in [-0.25, -0.2) is 0 Å². The Hall–Kier alpha value is -2.18. The first kappa shape index (κ1) is 21.5. The molecule has 1 unspecified atom stereocenters. The van der Waals surface area contributed by atoms with Crippen molar-refractivity contribution in [3.8, 4) is 0 Å². The van der Waals surface area contributed by atoms with E-state index >= 15 is 0 Å². The zero-order chi connectivity index (χ0) is 21.0. The second-order valence-electron chi connectivity index (χ2n) is 7.35. The van der Waals surface area contributed by atoms with Crippen LogP contribution in [0.15, 0.2) is 53.0 Å². The lowest BCUT2D eigenvalue weighted by atomic mass is 9.99. The van der Waals surface area contributed by atoms with Crippen molar-refractivity contribution < 1.29 is 0 Å². The number of aryl methyl sites for hydroxylation is 1. The molecule has 4 nitrogen and oxygen atoms in total. The molecular weight excluding hydrogens is 444 g/mol. The van der Waals surface area contributed by atoms with E-state index < -0.39 is 0 Å². The topological polar surface area (TPSA) is 41.9 Å². The van der Waals surface area contributed by atoms with Gasteiger partial charge >= 0.3 is 0 Å². The third-order valence-electron chi connectivity index (χ3n) is 5.16. The van der Waals surface area contributed by atoms with E-state index in [-0.39, 0.29) is 0 Å². The summed E-state index contributed by atoms with van der Waals surface area (Å²) in [7, 11) is 0. The Morgan fingerprint density at radius 3 is 2.41 bits per heavy atom. The Balaban J connectivity index is 1.63. The molecule has 0 saturated carbocycles. The molecule has 0 aliphatic carbocycles. The van der Waals surface area contributed by atoms with Crippen LogP contribution in [0.5, 0.6) is 0 Å². The van der Waals surface area contributed by atoms with Crippen LogP contribution in [0, 0.1) is 13.8 Å². The second-order valence-corrected chi connectivity index (χ2v) is 8.55. The van der Waals surface area contributed by atoms with Gasteiger partial charge in [0.2, 0.25) is 0 Å². The molecule has 0 aliphatic heterocycles. The second kappa shape index (κ2) is 9.55. The summed E-state index contributed by atoms with van der Waals surface area (Å²) >= 11 is 9.08. The van der Waals surface area contributed by atoms with E-state index in [9.17, 15) is 0 Å². The van der Waals surface area contributed by atoms with E-state index in [2.05, 4.69) is 88.8 Å². The number of nitrogens with zero attached hydrogens (tertiary/aromatic N) is 2. The summed E-state index contributed by atoms with van der Waals surface area (Å²) < 4.78 is 3.07. The standard InChI is InChI=1S/C23H27BrN4S/c1-5-15(2)19-9-11-20(12-10-19)25-23(29)26-21-8-6-7-18(13-21)14-28-17(4)22(24)16(3)27-28/h6-13,15H,5,14H2,1-4H3,(H2,25,26,29). The highest BCUT2D eigenvalue weighted by atomic mass is 79.9. The van der Waals surface area contributed by atoms with Crippen LogP contribution < -0.4 is 10.6 Å². The molecule has 0 fully saturated rings. The molecular formula is C23H27BrN4S. The summed E-state index contributed by atoms with van der Waals surface area (Å²) in [4.78, 5) is 0. The van der Waals surface area contributed by atoms with E-state index in [4.69, 9.17) is 12.2 Å². The van der Waals surface area contributed by atoms with Gasteiger partial charge in [-0.05, 0) is 89.7 Å². The lowest BCUT2D eigenvalue weighted by Crippen LogP contribution is -2.19. The highest BCUT2D eigenvalue weighted by Gasteiger charge is 2.09. The molecule has 0 amide bonds. The largest absolute Gasteiger partial charge is 0.332 e. The maximum Gasteiger partial charge on any atom is 0.175 e. The Morgan fingerprint density at radius 2 is 1.79 bits per heavy atom. The average Bonchev–Trinajstić information content (AvgIpc) is 2.94. The van der Waals surface area contributed by atoms with Gasteiger partial charge in [-0.15, -0.1) is 0 Å². The van der Waals surface area contributed by atoms with Gasteiger partial charge in [-0.1, -0.05) is 38.1 Å². The number of rotatable bonds is 6. The summed E-state index contributed by atoms with van der Waals surface area (Å²) in [6, 6.07) is 16.7. The summed E-state index contributed by atoms with van der Waals surface area (Å²) in [5.74, 6) is 0.569. The van der Waals surface area contributed by atoms with Crippen LogP contribution in [0.3, 0.4) is 0 Å². The molecule has 0 saturated heterocycles. The van der Waals surface area contributed by atoms with E-state index in [1.54, 1.807) is 0 Å². The minimum absolute atomic E-state index is 0.569. The maximum atomic E-state index is 5.49. The lowest BCUT2D eigenvalue weighted by Gasteiger charge is -2.13. The molecule has 3 aromatic rings. The molecule has 0 aliphatic rings. The number of hydrogen-bond acceptors (Lipinski definition) is 2. The molecule has 0 bridgehead atoms. The zero-order valence-corrected chi connectivity index (χ0v) is 19.7. The fourth-order valence-corrected chi connectivity index (χ4v) is 3.69. The van der Waals surface area contributed by atoms with Crippen LogP contribution in [-0.4, -0.2) is 14.9 Å². The Bertz CT molecular complexity index is 995. The van der Waals surface area contributed by atoms with Crippen LogP contribution in [0.2, 0.25) is 0 Å². The number of nitrogens with one attached hydrogen (secondary N) is 2. The molecule has 1 atom stereocenters. The first-order valence-corrected chi connectivity index (χ1v) is 11.0. The van der Waals surface area contributed by atoms with Crippen molar-refractivity contribution in [3.05, 3.63) is 75.5 Å². The van der Waals surface area contributed by atoms with Crippen LogP contribution in [-0.2, 0) is 6.54 Å². The lowest BCUT2D eigenvalue weighted by molar-refractivity contribution is 0.659. The van der Waals surface area contributed by atoms with Crippen molar-refractivity contribution in [3.63, 3.8) is 0 Å². The summed E-state index contributed by atoms with van der Waals surface area (Å²) in [6.45, 7) is 9.23. The Labute approximate surface area is 186 Å². The van der Waals surface area contributed by atoms with Gasteiger partial charge in [0.25, 0.3) is 0 Å². The Kier molecular flexibility index (Phi) is 7.09. The third kappa shape index (κ3) is 5.46. The normalized spacial score (nSPS) is 11.9. The molecule has 1 heterocycles. The van der Waals surface area contributed by atoms with Gasteiger partial charge < -0.3 is 10.6 Å². The average molecular weight is 471 g/mol. The van der Waals surface area contributed by atoms with Crippen molar-refractivity contribution in [2.45, 2.75) is 46.6 Å². The number of benzene rings is 2. The van der Waals surface area contributed by atoms with Crippen LogP contribution in [0.4, 0.5) is 11.4 Å². The summed E-state index contributed by atoms with van der Waals surface area (Å²) in [5, 5.41) is 11.7. The van der Waals surface area contributed by atoms with Crippen LogP contribution in [0.1, 0.15) is 48.7 Å². The van der Waals surface area contributed by atoms with E-state index in [0.29, 0.717) is 17.6 Å². The number of aromatic nitrogens is 2. The number of halogens is 1. The number of anilines is 2. The summed E-state index contributed by atoms with van der Waals surface area (Å²) in [6.07, 6.45) is 1.14. The van der Waals surface area contributed by atoms with Crippen molar-refractivity contribution in [1.82, 2.24) is 9.78 Å². The molecule has 0 radical (unpaired) electrons. The van der Waals surface area contributed by atoms with Crippen molar-refractivity contribution in [2.75, 3.05) is 10.6 Å². The molecule has 29 heavy (non-hydrogen) atoms. The summed E-state index contributed by atoms with van der Waals surface area (Å²) in [5.41, 5.74) is 6.57. The van der Waals surface area contributed by atoms with Gasteiger partial charge in [0, 0.05) is 11.4 Å². The first-order chi connectivity index (χ1) is 13.9. The van der Waals surface area contributed by atoms with E-state index in [1.165, 1.54) is 5.56 Å². The number of hydrogen-bond donors (Lipinski definition) is 2. The Morgan fingerprint density at radius 1 is 1.10 bits per heavy atom. The maximum absolute atomic E-state index is 5.49. The van der Waals surface area contributed by atoms with E-state index in [1.807, 2.05) is 23.7 Å². The predicted octanol–water partition coefficient (Wildman–Crippen LogP) is 6.63. The van der Waals surface area contributed by atoms with Crippen molar-refractivity contribution in [1.29, 1.82) is 0 Å². The van der Waals surface area contributed by atoms with Crippen molar-refractivity contribution >= 4 is 44.6 Å². The molecule has 2 N–H and O–H groups in total. The molecule has 3 rings (SSSR count). The van der Waals surface area contributed by atoms with Gasteiger partial charge in [-0.2, -0.15) is 5.10 Å². The third-order valence-corrected chi connectivity index (χ3v) is 6.51. The van der Waals surface area contributed by atoms with Crippen molar-refractivity contribution in [2.24, 2.45) is 0 Å². The molecule has 2 aromatic carbocycles.